The molecule has 1 saturated heterocycles. The second-order valence-electron chi connectivity index (χ2n) is 5.35. The molecule has 1 aliphatic heterocycles. The molecule has 1 N–H and O–H groups in total. The summed E-state index contributed by atoms with van der Waals surface area (Å²) in [6.45, 7) is 8.40. The van der Waals surface area contributed by atoms with Gasteiger partial charge in [-0.2, -0.15) is 0 Å². The number of nitrogens with one attached hydrogen (secondary N) is 1. The summed E-state index contributed by atoms with van der Waals surface area (Å²) >= 11 is 1.25. The van der Waals surface area contributed by atoms with Crippen LogP contribution in [0.1, 0.15) is 38.2 Å². The Bertz CT molecular complexity index is 527. The highest BCUT2D eigenvalue weighted by molar-refractivity contribution is 7.14. The van der Waals surface area contributed by atoms with Crippen molar-refractivity contribution in [2.24, 2.45) is 0 Å². The molecule has 0 aromatic carbocycles. The van der Waals surface area contributed by atoms with E-state index in [1.54, 1.807) is 10.3 Å². The van der Waals surface area contributed by atoms with Crippen molar-refractivity contribution in [1.82, 2.24) is 9.88 Å². The summed E-state index contributed by atoms with van der Waals surface area (Å²) in [5.41, 5.74) is -0.00647. The fraction of sp³-hybridized carbons (Fsp3) is 0.615. The molecule has 0 spiro atoms. The Morgan fingerprint density at radius 1 is 1.55 bits per heavy atom. The number of thiazole rings is 1. The molecule has 2 heterocycles. The third-order valence-electron chi connectivity index (χ3n) is 3.55. The van der Waals surface area contributed by atoms with Gasteiger partial charge >= 0.3 is 0 Å². The molecule has 6 nitrogen and oxygen atoms in total. The summed E-state index contributed by atoms with van der Waals surface area (Å²) in [4.78, 5) is 29.4. The van der Waals surface area contributed by atoms with Crippen LogP contribution in [0, 0.1) is 0 Å². The average molecular weight is 297 g/mol. The molecular formula is C13H19N3O3S. The smallest absolute Gasteiger partial charge is 0.273 e. The topological polar surface area (TPSA) is 71.5 Å². The molecule has 2 amide bonds. The number of morpholine rings is 1. The second kappa shape index (κ2) is 5.49. The molecular weight excluding hydrogens is 278 g/mol. The van der Waals surface area contributed by atoms with Gasteiger partial charge in [0.25, 0.3) is 5.91 Å². The van der Waals surface area contributed by atoms with E-state index in [9.17, 15) is 9.59 Å². The van der Waals surface area contributed by atoms with Gasteiger partial charge in [-0.3, -0.25) is 9.59 Å². The fourth-order valence-corrected chi connectivity index (χ4v) is 2.83. The molecule has 0 unspecified atom stereocenters. The maximum atomic E-state index is 12.5. The Labute approximate surface area is 122 Å². The summed E-state index contributed by atoms with van der Waals surface area (Å²) < 4.78 is 5.68. The third-order valence-corrected chi connectivity index (χ3v) is 4.30. The van der Waals surface area contributed by atoms with Crippen LogP contribution < -0.4 is 5.32 Å². The normalized spacial score (nSPS) is 21.6. The highest BCUT2D eigenvalue weighted by Crippen LogP contribution is 2.26. The van der Waals surface area contributed by atoms with Crippen LogP contribution in [0.15, 0.2) is 5.38 Å². The number of anilines is 1. The number of nitrogens with zero attached hydrogens (tertiary/aromatic N) is 2. The van der Waals surface area contributed by atoms with Crippen LogP contribution in [-0.2, 0) is 9.53 Å². The van der Waals surface area contributed by atoms with E-state index in [0.717, 1.165) is 0 Å². The summed E-state index contributed by atoms with van der Waals surface area (Å²) in [6.07, 6.45) is 0. The van der Waals surface area contributed by atoms with Gasteiger partial charge in [0.15, 0.2) is 5.13 Å². The van der Waals surface area contributed by atoms with Crippen molar-refractivity contribution < 1.29 is 14.3 Å². The lowest BCUT2D eigenvalue weighted by Crippen LogP contribution is -2.57. The third kappa shape index (κ3) is 2.99. The first-order valence-corrected chi connectivity index (χ1v) is 7.37. The lowest BCUT2D eigenvalue weighted by Gasteiger charge is -2.44. The molecule has 1 aromatic heterocycles. The zero-order chi connectivity index (χ0) is 14.9. The quantitative estimate of drug-likeness (QED) is 0.902. The molecule has 0 bridgehead atoms. The van der Waals surface area contributed by atoms with Crippen LogP contribution in [0.2, 0.25) is 0 Å². The molecule has 1 aromatic rings. The van der Waals surface area contributed by atoms with E-state index in [4.69, 9.17) is 4.74 Å². The van der Waals surface area contributed by atoms with Crippen LogP contribution in [0.25, 0.3) is 0 Å². The van der Waals surface area contributed by atoms with Gasteiger partial charge in [-0.1, -0.05) is 0 Å². The number of rotatable bonds is 2. The minimum absolute atomic E-state index is 0.0327. The van der Waals surface area contributed by atoms with Crippen molar-refractivity contribution in [1.29, 1.82) is 0 Å². The van der Waals surface area contributed by atoms with Crippen molar-refractivity contribution in [3.05, 3.63) is 11.1 Å². The van der Waals surface area contributed by atoms with Gasteiger partial charge in [0, 0.05) is 18.8 Å². The SMILES string of the molecule is CC(=O)Nc1nc(C(=O)N2CCOC(C)(C)[C@@H]2C)cs1. The molecule has 20 heavy (non-hydrogen) atoms. The van der Waals surface area contributed by atoms with Gasteiger partial charge in [-0.25, -0.2) is 4.98 Å². The zero-order valence-corrected chi connectivity index (χ0v) is 12.9. The van der Waals surface area contributed by atoms with Crippen LogP contribution >= 0.6 is 11.3 Å². The predicted molar refractivity (Wildman–Crippen MR) is 76.9 cm³/mol. The van der Waals surface area contributed by atoms with E-state index in [1.807, 2.05) is 20.8 Å². The summed E-state index contributed by atoms with van der Waals surface area (Å²) in [7, 11) is 0. The Balaban J connectivity index is 2.14. The van der Waals surface area contributed by atoms with Gasteiger partial charge in [-0.05, 0) is 20.8 Å². The minimum atomic E-state index is -0.371. The molecule has 110 valence electrons. The predicted octanol–water partition coefficient (Wildman–Crippen LogP) is 1.74. The Morgan fingerprint density at radius 3 is 2.90 bits per heavy atom. The Kier molecular flexibility index (Phi) is 4.10. The highest BCUT2D eigenvalue weighted by atomic mass is 32.1. The number of carbonyl (C=O) groups excluding carboxylic acids is 2. The molecule has 2 rings (SSSR count). The van der Waals surface area contributed by atoms with Gasteiger partial charge < -0.3 is 15.0 Å². The lowest BCUT2D eigenvalue weighted by atomic mass is 9.96. The zero-order valence-electron chi connectivity index (χ0n) is 12.1. The lowest BCUT2D eigenvalue weighted by molar-refractivity contribution is -0.114. The van der Waals surface area contributed by atoms with Crippen molar-refractivity contribution in [3.63, 3.8) is 0 Å². The number of amides is 2. The van der Waals surface area contributed by atoms with Crippen molar-refractivity contribution in [2.45, 2.75) is 39.3 Å². The molecule has 1 fully saturated rings. The van der Waals surface area contributed by atoms with Gasteiger partial charge in [0.2, 0.25) is 5.91 Å². The first-order chi connectivity index (χ1) is 9.31. The first-order valence-electron chi connectivity index (χ1n) is 6.49. The van der Waals surface area contributed by atoms with Crippen LogP contribution in [-0.4, -0.2) is 46.5 Å². The number of carbonyl (C=O) groups is 2. The first kappa shape index (κ1) is 14.9. The van der Waals surface area contributed by atoms with Crippen molar-refractivity contribution >= 4 is 28.3 Å². The van der Waals surface area contributed by atoms with E-state index in [0.29, 0.717) is 24.0 Å². The molecule has 0 radical (unpaired) electrons. The fourth-order valence-electron chi connectivity index (χ4n) is 2.10. The highest BCUT2D eigenvalue weighted by Gasteiger charge is 2.38. The maximum absolute atomic E-state index is 12.5. The second-order valence-corrected chi connectivity index (χ2v) is 6.20. The average Bonchev–Trinajstić information content (AvgIpc) is 2.79. The number of hydrogen-bond donors (Lipinski definition) is 1. The minimum Gasteiger partial charge on any atom is -0.372 e. The Morgan fingerprint density at radius 2 is 2.25 bits per heavy atom. The number of ether oxygens (including phenoxy) is 1. The van der Waals surface area contributed by atoms with Crippen LogP contribution in [0.5, 0.6) is 0 Å². The van der Waals surface area contributed by atoms with E-state index in [1.165, 1.54) is 18.3 Å². The van der Waals surface area contributed by atoms with E-state index < -0.39 is 0 Å². The van der Waals surface area contributed by atoms with E-state index in [-0.39, 0.29) is 23.5 Å². The van der Waals surface area contributed by atoms with Crippen LogP contribution in [0.3, 0.4) is 0 Å². The number of aromatic nitrogens is 1. The number of hydrogen-bond acceptors (Lipinski definition) is 5. The van der Waals surface area contributed by atoms with E-state index >= 15 is 0 Å². The molecule has 1 atom stereocenters. The Hall–Kier alpha value is -1.47. The standard InChI is InChI=1S/C13H19N3O3S/c1-8-13(3,4)19-6-5-16(8)11(18)10-7-20-12(15-10)14-9(2)17/h7-8H,5-6H2,1-4H3,(H,14,15,17)/t8-/m0/s1. The van der Waals surface area contributed by atoms with Gasteiger partial charge in [0.1, 0.15) is 5.69 Å². The molecule has 0 saturated carbocycles. The van der Waals surface area contributed by atoms with Crippen LogP contribution in [0.4, 0.5) is 5.13 Å². The van der Waals surface area contributed by atoms with Gasteiger partial charge in [-0.15, -0.1) is 11.3 Å². The maximum Gasteiger partial charge on any atom is 0.273 e. The molecule has 1 aliphatic rings. The monoisotopic (exact) mass is 297 g/mol. The van der Waals surface area contributed by atoms with E-state index in [2.05, 4.69) is 10.3 Å². The summed E-state index contributed by atoms with van der Waals surface area (Å²) in [5, 5.41) is 4.70. The molecule has 0 aliphatic carbocycles. The summed E-state index contributed by atoms with van der Waals surface area (Å²) in [5.74, 6) is -0.319. The van der Waals surface area contributed by atoms with Crippen molar-refractivity contribution in [2.75, 3.05) is 18.5 Å². The molecule has 7 heteroatoms. The van der Waals surface area contributed by atoms with Crippen molar-refractivity contribution in [3.8, 4) is 0 Å². The van der Waals surface area contributed by atoms with Gasteiger partial charge in [0.05, 0.1) is 18.2 Å². The summed E-state index contributed by atoms with van der Waals surface area (Å²) in [6, 6.07) is -0.0327. The largest absolute Gasteiger partial charge is 0.372 e.